The van der Waals surface area contributed by atoms with Crippen molar-refractivity contribution < 1.29 is 26.4 Å². The van der Waals surface area contributed by atoms with Crippen LogP contribution in [-0.4, -0.2) is 70.6 Å². The smallest absolute Gasteiger partial charge is 0.262 e. The summed E-state index contributed by atoms with van der Waals surface area (Å²) in [5.41, 5.74) is -0.645. The number of aryl methyl sites for hydroxylation is 1. The van der Waals surface area contributed by atoms with E-state index in [9.17, 15) is 26.4 Å². The van der Waals surface area contributed by atoms with Crippen LogP contribution < -0.4 is 0 Å². The fourth-order valence-corrected chi connectivity index (χ4v) is 6.42. The zero-order chi connectivity index (χ0) is 24.6. The summed E-state index contributed by atoms with van der Waals surface area (Å²) in [7, 11) is -2.05. The van der Waals surface area contributed by atoms with Gasteiger partial charge < -0.3 is 4.57 Å². The van der Waals surface area contributed by atoms with Gasteiger partial charge >= 0.3 is 0 Å². The standard InChI is InChI=1S/C23H29F3N4O3S.ClH/c1-28-16-21(27-17-28)34(32,33)30-14-12-29(13-15-30)22(8-10-23(25,26)11-9-22)7-6-20(31)18-4-2-3-5-19(18)24;/h2-5,16-17H,6-15H2,1H3;1H. The molecule has 1 aliphatic carbocycles. The number of alkyl halides is 2. The third-order valence-corrected chi connectivity index (χ3v) is 8.88. The maximum absolute atomic E-state index is 14.1. The third kappa shape index (κ3) is 5.90. The van der Waals surface area contributed by atoms with Crippen LogP contribution in [0.2, 0.25) is 0 Å². The lowest BCUT2D eigenvalue weighted by Crippen LogP contribution is -2.59. The van der Waals surface area contributed by atoms with Gasteiger partial charge in [-0.1, -0.05) is 12.1 Å². The quantitative estimate of drug-likeness (QED) is 0.504. The van der Waals surface area contributed by atoms with Crippen molar-refractivity contribution in [2.75, 3.05) is 26.2 Å². The average Bonchev–Trinajstić information content (AvgIpc) is 3.26. The molecule has 2 fully saturated rings. The molecule has 2 aliphatic rings. The van der Waals surface area contributed by atoms with Crippen LogP contribution in [0.25, 0.3) is 0 Å². The van der Waals surface area contributed by atoms with E-state index in [1.54, 1.807) is 17.7 Å². The second-order valence-electron chi connectivity index (χ2n) is 9.25. The van der Waals surface area contributed by atoms with E-state index in [1.165, 1.54) is 35.0 Å². The summed E-state index contributed by atoms with van der Waals surface area (Å²) in [6.07, 6.45) is 3.08. The van der Waals surface area contributed by atoms with Gasteiger partial charge in [0, 0.05) is 64.2 Å². The Morgan fingerprint density at radius 1 is 1.06 bits per heavy atom. The van der Waals surface area contributed by atoms with E-state index in [1.807, 2.05) is 0 Å². The van der Waals surface area contributed by atoms with Crippen molar-refractivity contribution in [1.82, 2.24) is 18.8 Å². The van der Waals surface area contributed by atoms with Crippen LogP contribution in [0.4, 0.5) is 13.2 Å². The Hall–Kier alpha value is -1.95. The molecule has 2 aromatic rings. The molecule has 1 aromatic heterocycles. The van der Waals surface area contributed by atoms with Crippen LogP contribution in [0.15, 0.2) is 41.8 Å². The molecule has 4 rings (SSSR count). The van der Waals surface area contributed by atoms with Crippen molar-refractivity contribution in [2.24, 2.45) is 7.05 Å². The lowest BCUT2D eigenvalue weighted by molar-refractivity contribution is -0.0891. The van der Waals surface area contributed by atoms with Crippen LogP contribution in [0.1, 0.15) is 48.9 Å². The van der Waals surface area contributed by atoms with E-state index < -0.39 is 27.3 Å². The van der Waals surface area contributed by atoms with Crippen molar-refractivity contribution in [3.05, 3.63) is 48.2 Å². The van der Waals surface area contributed by atoms with Crippen LogP contribution in [0.3, 0.4) is 0 Å². The molecular weight excluding hydrogens is 505 g/mol. The number of imidazole rings is 1. The number of rotatable bonds is 7. The average molecular weight is 535 g/mol. The van der Waals surface area contributed by atoms with Gasteiger partial charge in [0.25, 0.3) is 10.0 Å². The molecule has 1 saturated heterocycles. The summed E-state index contributed by atoms with van der Waals surface area (Å²) in [6.45, 7) is 1.15. The van der Waals surface area contributed by atoms with E-state index in [-0.39, 0.29) is 74.0 Å². The number of halogens is 4. The minimum Gasteiger partial charge on any atom is -0.339 e. The summed E-state index contributed by atoms with van der Waals surface area (Å²) in [5, 5.41) is -0.0223. The summed E-state index contributed by atoms with van der Waals surface area (Å²) in [4.78, 5) is 18.7. The number of nitrogens with zero attached hydrogens (tertiary/aromatic N) is 4. The van der Waals surface area contributed by atoms with Gasteiger partial charge in [-0.25, -0.2) is 26.6 Å². The van der Waals surface area contributed by atoms with E-state index in [4.69, 9.17) is 0 Å². The number of Topliss-reactive ketones (excluding diaryl/α,β-unsaturated/α-hetero) is 1. The first-order chi connectivity index (χ1) is 16.0. The largest absolute Gasteiger partial charge is 0.339 e. The minimum atomic E-state index is -3.74. The number of hydrogen-bond acceptors (Lipinski definition) is 5. The number of sulfonamides is 1. The molecule has 0 N–H and O–H groups in total. The van der Waals surface area contributed by atoms with Gasteiger partial charge in [-0.3, -0.25) is 9.69 Å². The molecule has 0 spiro atoms. The maximum atomic E-state index is 14.1. The van der Waals surface area contributed by atoms with E-state index in [0.717, 1.165) is 0 Å². The monoisotopic (exact) mass is 534 g/mol. The van der Waals surface area contributed by atoms with Crippen LogP contribution in [-0.2, 0) is 17.1 Å². The van der Waals surface area contributed by atoms with Gasteiger partial charge in [0.1, 0.15) is 5.82 Å². The molecule has 2 heterocycles. The Balaban J connectivity index is 0.00000342. The molecule has 0 unspecified atom stereocenters. The van der Waals surface area contributed by atoms with Crippen LogP contribution >= 0.6 is 12.4 Å². The highest BCUT2D eigenvalue weighted by Gasteiger charge is 2.47. The molecule has 1 saturated carbocycles. The number of hydrogen-bond donors (Lipinski definition) is 0. The number of benzene rings is 1. The minimum absolute atomic E-state index is 0. The molecule has 194 valence electrons. The Morgan fingerprint density at radius 2 is 1.69 bits per heavy atom. The first kappa shape index (κ1) is 27.6. The van der Waals surface area contributed by atoms with Crippen molar-refractivity contribution in [2.45, 2.75) is 55.0 Å². The van der Waals surface area contributed by atoms with Crippen LogP contribution in [0.5, 0.6) is 0 Å². The van der Waals surface area contributed by atoms with Gasteiger partial charge in [0.15, 0.2) is 10.8 Å². The summed E-state index contributed by atoms with van der Waals surface area (Å²) in [6, 6.07) is 5.76. The first-order valence-corrected chi connectivity index (χ1v) is 12.9. The summed E-state index contributed by atoms with van der Waals surface area (Å²) in [5.74, 6) is -3.69. The first-order valence-electron chi connectivity index (χ1n) is 11.4. The predicted molar refractivity (Wildman–Crippen MR) is 127 cm³/mol. The number of aromatic nitrogens is 2. The Bertz CT molecular complexity index is 1140. The molecule has 0 amide bonds. The number of carbonyl (C=O) groups is 1. The molecule has 7 nitrogen and oxygen atoms in total. The fraction of sp³-hybridized carbons (Fsp3) is 0.565. The molecular formula is C23H30ClF3N4O3S. The van der Waals surface area contributed by atoms with Crippen molar-refractivity contribution in [3.63, 3.8) is 0 Å². The second kappa shape index (κ2) is 10.6. The molecule has 0 atom stereocenters. The van der Waals surface area contributed by atoms with E-state index in [2.05, 4.69) is 9.88 Å². The van der Waals surface area contributed by atoms with Gasteiger partial charge in [0.05, 0.1) is 11.9 Å². The normalized spacial score (nSPS) is 20.8. The van der Waals surface area contributed by atoms with Crippen molar-refractivity contribution in [1.29, 1.82) is 0 Å². The molecule has 12 heteroatoms. The highest BCUT2D eigenvalue weighted by atomic mass is 35.5. The highest BCUT2D eigenvalue weighted by molar-refractivity contribution is 7.89. The maximum Gasteiger partial charge on any atom is 0.262 e. The number of carbonyl (C=O) groups excluding carboxylic acids is 1. The second-order valence-corrected chi connectivity index (χ2v) is 11.1. The Kier molecular flexibility index (Phi) is 8.35. The van der Waals surface area contributed by atoms with Crippen LogP contribution in [0, 0.1) is 5.82 Å². The van der Waals surface area contributed by atoms with Gasteiger partial charge in [-0.15, -0.1) is 12.4 Å². The summed E-state index contributed by atoms with van der Waals surface area (Å²) < 4.78 is 70.8. The Morgan fingerprint density at radius 3 is 2.26 bits per heavy atom. The zero-order valence-corrected chi connectivity index (χ0v) is 21.1. The van der Waals surface area contributed by atoms with Gasteiger partial charge in [0.2, 0.25) is 5.92 Å². The van der Waals surface area contributed by atoms with Gasteiger partial charge in [-0.05, 0) is 31.4 Å². The predicted octanol–water partition coefficient (Wildman–Crippen LogP) is 3.90. The number of piperazine rings is 1. The molecule has 0 radical (unpaired) electrons. The Labute approximate surface area is 209 Å². The zero-order valence-electron chi connectivity index (χ0n) is 19.5. The van der Waals surface area contributed by atoms with Crippen molar-refractivity contribution in [3.8, 4) is 0 Å². The van der Waals surface area contributed by atoms with E-state index in [0.29, 0.717) is 19.5 Å². The van der Waals surface area contributed by atoms with E-state index >= 15 is 0 Å². The number of ketones is 1. The lowest BCUT2D eigenvalue weighted by atomic mass is 9.74. The molecule has 1 aromatic carbocycles. The highest BCUT2D eigenvalue weighted by Crippen LogP contribution is 2.44. The lowest BCUT2D eigenvalue weighted by Gasteiger charge is -2.50. The van der Waals surface area contributed by atoms with Gasteiger partial charge in [-0.2, -0.15) is 4.31 Å². The molecule has 35 heavy (non-hydrogen) atoms. The topological polar surface area (TPSA) is 75.5 Å². The fourth-order valence-electron chi connectivity index (χ4n) is 5.03. The molecule has 0 bridgehead atoms. The molecule has 1 aliphatic heterocycles. The third-order valence-electron chi connectivity index (χ3n) is 7.10. The summed E-state index contributed by atoms with van der Waals surface area (Å²) >= 11 is 0. The van der Waals surface area contributed by atoms with Crippen molar-refractivity contribution >= 4 is 28.2 Å². The SMILES string of the molecule is Cl.Cn1cnc(S(=O)(=O)N2CCN(C3(CCC(=O)c4ccccc4F)CCC(F)(F)CC3)CC2)c1.